The Labute approximate surface area is 337 Å². The number of carboxylic acid groups (broad SMARTS) is 1. The predicted molar refractivity (Wildman–Crippen MR) is 222 cm³/mol. The molecule has 1 saturated heterocycles. The molecule has 1 unspecified atom stereocenters. The minimum atomic E-state index is -1.10. The number of thiazole rings is 1. The molecule has 0 radical (unpaired) electrons. The first-order valence-corrected chi connectivity index (χ1v) is 20.9. The number of esters is 1. The van der Waals surface area contributed by atoms with Gasteiger partial charge in [-0.25, -0.2) is 14.8 Å². The van der Waals surface area contributed by atoms with Crippen molar-refractivity contribution in [1.29, 1.82) is 0 Å². The lowest BCUT2D eigenvalue weighted by Crippen LogP contribution is -2.41. The summed E-state index contributed by atoms with van der Waals surface area (Å²) in [6.07, 6.45) is 7.53. The number of nitrogens with zero attached hydrogens (tertiary/aromatic N) is 4. The van der Waals surface area contributed by atoms with E-state index in [-0.39, 0.29) is 17.6 Å². The maximum Gasteiger partial charge on any atom is 0.355 e. The van der Waals surface area contributed by atoms with E-state index in [0.29, 0.717) is 72.7 Å². The van der Waals surface area contributed by atoms with Crippen molar-refractivity contribution in [2.45, 2.75) is 65.3 Å². The molecule has 4 heterocycles. The Hall–Kier alpha value is -5.33. The summed E-state index contributed by atoms with van der Waals surface area (Å²) in [6, 6.07) is 23.1. The van der Waals surface area contributed by atoms with E-state index in [1.165, 1.54) is 30.6 Å². The molecule has 1 saturated carbocycles. The lowest BCUT2D eigenvalue weighted by atomic mass is 9.76. The molecule has 3 aliphatic rings. The second kappa shape index (κ2) is 16.6. The van der Waals surface area contributed by atoms with Crippen molar-refractivity contribution in [2.75, 3.05) is 49.6 Å². The Morgan fingerprint density at radius 2 is 1.77 bits per heavy atom. The standard InChI is InChI=1S/C45H49N5O6S/c1-3-55-40(51)28-49-23-20-45(21-24-49)19-16-30(26-45)18-25-56-37-12-7-9-32(29(37)2)33-14-15-39(47-41(33)43(53)54)50-22-17-31-8-6-10-34(35(31)27-50)42(52)48-44-46-36-11-4-5-13-38(36)57-44/h4-15,30H,3,16-28H2,1-2H3,(H,53,54)(H,46,48,52). The number of piperidine rings is 1. The Morgan fingerprint density at radius 3 is 2.58 bits per heavy atom. The van der Waals surface area contributed by atoms with Crippen molar-refractivity contribution in [3.63, 3.8) is 0 Å². The van der Waals surface area contributed by atoms with E-state index in [1.807, 2.05) is 91.5 Å². The highest BCUT2D eigenvalue weighted by Crippen LogP contribution is 2.50. The molecule has 1 aliphatic carbocycles. The van der Waals surface area contributed by atoms with Gasteiger partial charge in [0.1, 0.15) is 11.6 Å². The third-order valence-corrected chi connectivity index (χ3v) is 13.1. The largest absolute Gasteiger partial charge is 0.493 e. The molecular formula is C45H49N5O6S. The number of hydrogen-bond donors (Lipinski definition) is 2. The Bertz CT molecular complexity index is 2270. The molecule has 57 heavy (non-hydrogen) atoms. The van der Waals surface area contributed by atoms with E-state index in [2.05, 4.69) is 15.2 Å². The van der Waals surface area contributed by atoms with Crippen LogP contribution in [-0.2, 0) is 22.5 Å². The molecule has 1 spiro atoms. The van der Waals surface area contributed by atoms with Gasteiger partial charge in [-0.05, 0) is 142 Å². The first kappa shape index (κ1) is 38.5. The van der Waals surface area contributed by atoms with Crippen molar-refractivity contribution in [2.24, 2.45) is 11.3 Å². The summed E-state index contributed by atoms with van der Waals surface area (Å²) >= 11 is 1.44. The number of carbonyl (C=O) groups is 3. The number of benzene rings is 3. The van der Waals surface area contributed by atoms with Crippen LogP contribution in [0.15, 0.2) is 72.8 Å². The van der Waals surface area contributed by atoms with Crippen LogP contribution in [0.3, 0.4) is 0 Å². The highest BCUT2D eigenvalue weighted by Gasteiger charge is 2.41. The predicted octanol–water partition coefficient (Wildman–Crippen LogP) is 8.39. The van der Waals surface area contributed by atoms with Crippen LogP contribution in [0.25, 0.3) is 21.3 Å². The van der Waals surface area contributed by atoms with E-state index < -0.39 is 5.97 Å². The van der Waals surface area contributed by atoms with Gasteiger partial charge in [0.2, 0.25) is 0 Å². The van der Waals surface area contributed by atoms with Crippen LogP contribution in [-0.4, -0.2) is 77.2 Å². The van der Waals surface area contributed by atoms with Gasteiger partial charge < -0.3 is 19.5 Å². The van der Waals surface area contributed by atoms with Crippen molar-refractivity contribution >= 4 is 50.3 Å². The van der Waals surface area contributed by atoms with Gasteiger partial charge in [-0.3, -0.25) is 19.8 Å². The summed E-state index contributed by atoms with van der Waals surface area (Å²) < 4.78 is 12.5. The van der Waals surface area contributed by atoms with E-state index >= 15 is 0 Å². The summed E-state index contributed by atoms with van der Waals surface area (Å²) in [5, 5.41) is 14.0. The number of aromatic nitrogens is 2. The second-order valence-electron chi connectivity index (χ2n) is 15.7. The van der Waals surface area contributed by atoms with Gasteiger partial charge in [0.25, 0.3) is 5.91 Å². The lowest BCUT2D eigenvalue weighted by molar-refractivity contribution is -0.145. The van der Waals surface area contributed by atoms with Gasteiger partial charge in [-0.15, -0.1) is 0 Å². The number of likely N-dealkylation sites (tertiary alicyclic amines) is 1. The van der Waals surface area contributed by atoms with Gasteiger partial charge in [-0.1, -0.05) is 47.7 Å². The third kappa shape index (κ3) is 8.38. The van der Waals surface area contributed by atoms with Gasteiger partial charge in [-0.2, -0.15) is 0 Å². The Kier molecular flexibility index (Phi) is 11.3. The summed E-state index contributed by atoms with van der Waals surface area (Å²) in [5.74, 6) is 0.436. The summed E-state index contributed by atoms with van der Waals surface area (Å²) in [4.78, 5) is 51.8. The quantitative estimate of drug-likeness (QED) is 0.119. The van der Waals surface area contributed by atoms with Gasteiger partial charge in [0, 0.05) is 24.2 Å². The van der Waals surface area contributed by atoms with E-state index in [4.69, 9.17) is 14.5 Å². The van der Waals surface area contributed by atoms with Gasteiger partial charge in [0.15, 0.2) is 10.8 Å². The van der Waals surface area contributed by atoms with Crippen LogP contribution in [0.1, 0.15) is 83.0 Å². The van der Waals surface area contributed by atoms with Crippen molar-refractivity contribution < 1.29 is 29.0 Å². The molecule has 296 valence electrons. The van der Waals surface area contributed by atoms with Gasteiger partial charge >= 0.3 is 11.9 Å². The summed E-state index contributed by atoms with van der Waals surface area (Å²) in [5.41, 5.74) is 5.93. The Morgan fingerprint density at radius 1 is 0.947 bits per heavy atom. The molecule has 3 aromatic carbocycles. The highest BCUT2D eigenvalue weighted by atomic mass is 32.1. The zero-order chi connectivity index (χ0) is 39.5. The third-order valence-electron chi connectivity index (χ3n) is 12.2. The molecule has 2 N–H and O–H groups in total. The minimum Gasteiger partial charge on any atom is -0.493 e. The number of aromatic carboxylic acids is 1. The molecule has 12 heteroatoms. The molecule has 2 fully saturated rings. The van der Waals surface area contributed by atoms with Crippen LogP contribution in [0, 0.1) is 18.3 Å². The number of amides is 1. The first-order chi connectivity index (χ1) is 27.7. The number of fused-ring (bicyclic) bond motifs is 2. The molecule has 8 rings (SSSR count). The fourth-order valence-electron chi connectivity index (χ4n) is 9.08. The molecule has 1 amide bonds. The average molecular weight is 788 g/mol. The normalized spacial score (nSPS) is 17.7. The number of carbonyl (C=O) groups excluding carboxylic acids is 2. The minimum absolute atomic E-state index is 0.0232. The molecule has 5 aromatic rings. The highest BCUT2D eigenvalue weighted by molar-refractivity contribution is 7.22. The van der Waals surface area contributed by atoms with E-state index in [1.54, 1.807) is 0 Å². The van der Waals surface area contributed by atoms with E-state index in [0.717, 1.165) is 70.6 Å². The smallest absolute Gasteiger partial charge is 0.355 e. The fourth-order valence-corrected chi connectivity index (χ4v) is 9.95. The molecule has 0 bridgehead atoms. The number of hydrogen-bond acceptors (Lipinski definition) is 10. The molecular weight excluding hydrogens is 739 g/mol. The number of rotatable bonds is 12. The fraction of sp³-hybridized carbons (Fsp3) is 0.400. The first-order valence-electron chi connectivity index (χ1n) is 20.1. The number of carboxylic acids is 1. The van der Waals surface area contributed by atoms with Crippen LogP contribution in [0.2, 0.25) is 0 Å². The van der Waals surface area contributed by atoms with Crippen LogP contribution in [0.4, 0.5) is 10.9 Å². The van der Waals surface area contributed by atoms with Crippen LogP contribution in [0.5, 0.6) is 5.75 Å². The van der Waals surface area contributed by atoms with Crippen molar-refractivity contribution in [1.82, 2.24) is 14.9 Å². The van der Waals surface area contributed by atoms with Crippen LogP contribution >= 0.6 is 11.3 Å². The van der Waals surface area contributed by atoms with Crippen LogP contribution < -0.4 is 15.0 Å². The maximum absolute atomic E-state index is 13.6. The number of nitrogens with one attached hydrogen (secondary N) is 1. The monoisotopic (exact) mass is 787 g/mol. The summed E-state index contributed by atoms with van der Waals surface area (Å²) in [6.45, 7) is 8.17. The topological polar surface area (TPSA) is 134 Å². The molecule has 2 aromatic heterocycles. The van der Waals surface area contributed by atoms with Crippen molar-refractivity contribution in [3.8, 4) is 16.9 Å². The average Bonchev–Trinajstić information content (AvgIpc) is 3.82. The molecule has 1 atom stereocenters. The molecule has 2 aliphatic heterocycles. The SMILES string of the molecule is CCOC(=O)CN1CCC2(CCC(CCOc3cccc(-c4ccc(N5CCc6cccc(C(=O)Nc7nc8ccccc8s7)c6C5)nc4C(=O)O)c3C)C2)CC1. The zero-order valence-corrected chi connectivity index (χ0v) is 33.4. The number of para-hydroxylation sites is 1. The van der Waals surface area contributed by atoms with Crippen molar-refractivity contribution in [3.05, 3.63) is 101 Å². The lowest BCUT2D eigenvalue weighted by Gasteiger charge is -2.39. The number of ether oxygens (including phenoxy) is 2. The zero-order valence-electron chi connectivity index (χ0n) is 32.6. The number of anilines is 2. The Balaban J connectivity index is 0.915. The van der Waals surface area contributed by atoms with E-state index in [9.17, 15) is 19.5 Å². The molecule has 11 nitrogen and oxygen atoms in total. The second-order valence-corrected chi connectivity index (χ2v) is 16.7. The maximum atomic E-state index is 13.6. The van der Waals surface area contributed by atoms with Gasteiger partial charge in [0.05, 0.1) is 30.0 Å². The summed E-state index contributed by atoms with van der Waals surface area (Å²) in [7, 11) is 0. The number of pyridine rings is 1.